The summed E-state index contributed by atoms with van der Waals surface area (Å²) in [7, 11) is 0. The Morgan fingerprint density at radius 1 is 1.39 bits per heavy atom. The molecule has 0 radical (unpaired) electrons. The van der Waals surface area contributed by atoms with Crippen LogP contribution in [-0.2, 0) is 0 Å². The minimum atomic E-state index is 0.258. The minimum Gasteiger partial charge on any atom is -0.326 e. The number of nitrogens with zero attached hydrogens (tertiary/aromatic N) is 1. The van der Waals surface area contributed by atoms with Crippen LogP contribution in [0.4, 0.5) is 0 Å². The van der Waals surface area contributed by atoms with Crippen molar-refractivity contribution in [2.75, 3.05) is 13.1 Å². The Balaban J connectivity index is 2.28. The van der Waals surface area contributed by atoms with Gasteiger partial charge in [0.25, 0.3) is 0 Å². The molecule has 0 aliphatic carbocycles. The van der Waals surface area contributed by atoms with Crippen LogP contribution in [0.3, 0.4) is 0 Å². The van der Waals surface area contributed by atoms with Gasteiger partial charge >= 0.3 is 0 Å². The maximum Gasteiger partial charge on any atom is 0.0499 e. The zero-order valence-corrected chi connectivity index (χ0v) is 12.7. The van der Waals surface area contributed by atoms with E-state index in [4.69, 9.17) is 5.73 Å². The highest BCUT2D eigenvalue weighted by molar-refractivity contribution is 9.10. The Hall–Kier alpha value is -0.380. The number of rotatable bonds is 3. The normalized spacial score (nSPS) is 25.9. The molecule has 0 amide bonds. The van der Waals surface area contributed by atoms with Crippen molar-refractivity contribution in [2.24, 2.45) is 5.73 Å². The Kier molecular flexibility index (Phi) is 5.22. The van der Waals surface area contributed by atoms with Crippen LogP contribution in [0.5, 0.6) is 0 Å². The maximum absolute atomic E-state index is 6.42. The second kappa shape index (κ2) is 6.69. The highest BCUT2D eigenvalue weighted by atomic mass is 79.9. The van der Waals surface area contributed by atoms with E-state index in [1.54, 1.807) is 0 Å². The van der Waals surface area contributed by atoms with Gasteiger partial charge in [0, 0.05) is 16.6 Å². The van der Waals surface area contributed by atoms with Crippen LogP contribution in [0.25, 0.3) is 0 Å². The topological polar surface area (TPSA) is 29.3 Å². The molecule has 0 spiro atoms. The van der Waals surface area contributed by atoms with Crippen molar-refractivity contribution in [3.05, 3.63) is 34.3 Å². The predicted molar refractivity (Wildman–Crippen MR) is 80.6 cm³/mol. The lowest BCUT2D eigenvalue weighted by Gasteiger charge is -2.33. The first kappa shape index (κ1) is 14.0. The van der Waals surface area contributed by atoms with Crippen molar-refractivity contribution in [1.29, 1.82) is 0 Å². The van der Waals surface area contributed by atoms with Crippen LogP contribution in [0.15, 0.2) is 28.7 Å². The van der Waals surface area contributed by atoms with Gasteiger partial charge in [-0.1, -0.05) is 41.4 Å². The second-order valence-corrected chi connectivity index (χ2v) is 6.11. The highest BCUT2D eigenvalue weighted by Crippen LogP contribution is 2.30. The van der Waals surface area contributed by atoms with Crippen molar-refractivity contribution in [3.63, 3.8) is 0 Å². The molecule has 1 aliphatic rings. The molecule has 18 heavy (non-hydrogen) atoms. The van der Waals surface area contributed by atoms with Crippen molar-refractivity contribution >= 4 is 15.9 Å². The van der Waals surface area contributed by atoms with E-state index in [0.29, 0.717) is 6.04 Å². The lowest BCUT2D eigenvalue weighted by Crippen LogP contribution is -2.40. The first-order valence-electron chi connectivity index (χ1n) is 6.97. The summed E-state index contributed by atoms with van der Waals surface area (Å²) in [6, 6.07) is 9.26. The summed E-state index contributed by atoms with van der Waals surface area (Å²) in [5, 5.41) is 0. The van der Waals surface area contributed by atoms with E-state index in [2.05, 4.69) is 52.0 Å². The molecule has 1 saturated heterocycles. The van der Waals surface area contributed by atoms with Gasteiger partial charge in [-0.15, -0.1) is 0 Å². The van der Waals surface area contributed by atoms with E-state index < -0.39 is 0 Å². The molecule has 3 heteroatoms. The Bertz CT molecular complexity index is 381. The molecule has 1 aromatic carbocycles. The predicted octanol–water partition coefficient (Wildman–Crippen LogP) is 3.71. The summed E-state index contributed by atoms with van der Waals surface area (Å²) >= 11 is 3.57. The molecule has 100 valence electrons. The molecular formula is C15H23BrN2. The summed E-state index contributed by atoms with van der Waals surface area (Å²) in [5.41, 5.74) is 7.78. The van der Waals surface area contributed by atoms with Gasteiger partial charge in [0.15, 0.2) is 0 Å². The van der Waals surface area contributed by atoms with Crippen molar-refractivity contribution < 1.29 is 0 Å². The molecular weight excluding hydrogens is 288 g/mol. The van der Waals surface area contributed by atoms with Crippen molar-refractivity contribution in [1.82, 2.24) is 4.90 Å². The number of likely N-dealkylation sites (tertiary alicyclic amines) is 1. The molecule has 2 atom stereocenters. The summed E-state index contributed by atoms with van der Waals surface area (Å²) in [6.07, 6.45) is 4.86. The maximum atomic E-state index is 6.42. The molecule has 1 aliphatic heterocycles. The molecule has 0 saturated carbocycles. The standard InChI is InChI=1S/C15H23BrN2/c1-2-9-18-10-4-3-8-14(17)15(18)12-6-5-7-13(16)11-12/h5-7,11,14-15H,2-4,8-10,17H2,1H3. The average molecular weight is 311 g/mol. The fraction of sp³-hybridized carbons (Fsp3) is 0.600. The van der Waals surface area contributed by atoms with Crippen LogP contribution in [0, 0.1) is 0 Å². The van der Waals surface area contributed by atoms with Crippen LogP contribution in [-0.4, -0.2) is 24.0 Å². The Labute approximate surface area is 119 Å². The van der Waals surface area contributed by atoms with Crippen LogP contribution >= 0.6 is 15.9 Å². The fourth-order valence-electron chi connectivity index (χ4n) is 2.95. The van der Waals surface area contributed by atoms with Crippen LogP contribution < -0.4 is 5.73 Å². The number of halogens is 1. The third-order valence-electron chi connectivity index (χ3n) is 3.73. The smallest absolute Gasteiger partial charge is 0.0499 e. The van der Waals surface area contributed by atoms with Gasteiger partial charge in [-0.25, -0.2) is 0 Å². The molecule has 2 nitrogen and oxygen atoms in total. The summed E-state index contributed by atoms with van der Waals surface area (Å²) in [5.74, 6) is 0. The molecule has 2 rings (SSSR count). The Morgan fingerprint density at radius 2 is 2.22 bits per heavy atom. The van der Waals surface area contributed by atoms with E-state index in [1.165, 1.54) is 31.4 Å². The van der Waals surface area contributed by atoms with Gasteiger partial charge < -0.3 is 5.73 Å². The molecule has 1 fully saturated rings. The molecule has 2 unspecified atom stereocenters. The number of hydrogen-bond acceptors (Lipinski definition) is 2. The zero-order valence-electron chi connectivity index (χ0n) is 11.1. The fourth-order valence-corrected chi connectivity index (χ4v) is 3.37. The van der Waals surface area contributed by atoms with Crippen molar-refractivity contribution in [2.45, 2.75) is 44.7 Å². The summed E-state index contributed by atoms with van der Waals surface area (Å²) < 4.78 is 1.15. The minimum absolute atomic E-state index is 0.258. The number of nitrogens with two attached hydrogens (primary N) is 1. The lowest BCUT2D eigenvalue weighted by atomic mass is 9.96. The number of benzene rings is 1. The second-order valence-electron chi connectivity index (χ2n) is 5.20. The zero-order chi connectivity index (χ0) is 13.0. The first-order chi connectivity index (χ1) is 8.72. The van der Waals surface area contributed by atoms with Gasteiger partial charge in [-0.05, 0) is 50.0 Å². The average Bonchev–Trinajstić information content (AvgIpc) is 2.52. The molecule has 0 bridgehead atoms. The van der Waals surface area contributed by atoms with Crippen LogP contribution in [0.2, 0.25) is 0 Å². The van der Waals surface area contributed by atoms with Gasteiger partial charge in [0.1, 0.15) is 0 Å². The molecule has 1 heterocycles. The van der Waals surface area contributed by atoms with E-state index in [1.807, 2.05) is 0 Å². The largest absolute Gasteiger partial charge is 0.326 e. The molecule has 1 aromatic rings. The summed E-state index contributed by atoms with van der Waals surface area (Å²) in [6.45, 7) is 4.57. The summed E-state index contributed by atoms with van der Waals surface area (Å²) in [4.78, 5) is 2.57. The third-order valence-corrected chi connectivity index (χ3v) is 4.23. The molecule has 0 aromatic heterocycles. The van der Waals surface area contributed by atoms with Gasteiger partial charge in [-0.2, -0.15) is 0 Å². The quantitative estimate of drug-likeness (QED) is 0.922. The SMILES string of the molecule is CCCN1CCCCC(N)C1c1cccc(Br)c1. The van der Waals surface area contributed by atoms with Crippen molar-refractivity contribution in [3.8, 4) is 0 Å². The van der Waals surface area contributed by atoms with Gasteiger partial charge in [0.05, 0.1) is 0 Å². The van der Waals surface area contributed by atoms with Gasteiger partial charge in [0.2, 0.25) is 0 Å². The Morgan fingerprint density at radius 3 is 2.94 bits per heavy atom. The van der Waals surface area contributed by atoms with E-state index in [0.717, 1.165) is 17.4 Å². The first-order valence-corrected chi connectivity index (χ1v) is 7.76. The van der Waals surface area contributed by atoms with Crippen LogP contribution in [0.1, 0.15) is 44.2 Å². The monoisotopic (exact) mass is 310 g/mol. The highest BCUT2D eigenvalue weighted by Gasteiger charge is 2.28. The number of hydrogen-bond donors (Lipinski definition) is 1. The van der Waals surface area contributed by atoms with E-state index in [9.17, 15) is 0 Å². The van der Waals surface area contributed by atoms with Gasteiger partial charge in [-0.3, -0.25) is 4.90 Å². The lowest BCUT2D eigenvalue weighted by molar-refractivity contribution is 0.186. The van der Waals surface area contributed by atoms with E-state index in [-0.39, 0.29) is 6.04 Å². The third kappa shape index (κ3) is 3.34. The molecule has 2 N–H and O–H groups in total. The van der Waals surface area contributed by atoms with E-state index >= 15 is 0 Å².